The largest absolute Gasteiger partial charge is 0.496 e. The number of anilines is 1. The summed E-state index contributed by atoms with van der Waals surface area (Å²) < 4.78 is 10.6. The Labute approximate surface area is 154 Å². The molecule has 5 heteroatoms. The molecular formula is C21H26N2O3. The van der Waals surface area contributed by atoms with Crippen LogP contribution in [0.2, 0.25) is 0 Å². The summed E-state index contributed by atoms with van der Waals surface area (Å²) >= 11 is 0. The zero-order chi connectivity index (χ0) is 18.4. The fourth-order valence-electron chi connectivity index (χ4n) is 3.32. The van der Waals surface area contributed by atoms with Crippen molar-refractivity contribution in [3.05, 3.63) is 53.6 Å². The van der Waals surface area contributed by atoms with Crippen LogP contribution in [0, 0.1) is 0 Å². The summed E-state index contributed by atoms with van der Waals surface area (Å²) in [5.41, 5.74) is 2.44. The van der Waals surface area contributed by atoms with Gasteiger partial charge in [0.25, 0.3) is 5.91 Å². The van der Waals surface area contributed by atoms with Crippen molar-refractivity contribution in [1.82, 2.24) is 4.90 Å². The Balaban J connectivity index is 1.64. The molecule has 5 nitrogen and oxygen atoms in total. The van der Waals surface area contributed by atoms with E-state index < -0.39 is 0 Å². The smallest absolute Gasteiger partial charge is 0.263 e. The topological polar surface area (TPSA) is 50.8 Å². The van der Waals surface area contributed by atoms with E-state index in [0.717, 1.165) is 18.7 Å². The van der Waals surface area contributed by atoms with Crippen molar-refractivity contribution in [1.29, 1.82) is 0 Å². The molecule has 1 amide bonds. The van der Waals surface area contributed by atoms with Gasteiger partial charge in [-0.25, -0.2) is 0 Å². The van der Waals surface area contributed by atoms with E-state index >= 15 is 0 Å². The molecule has 2 aromatic rings. The number of nitrogens with one attached hydrogen (secondary N) is 1. The molecule has 3 rings (SSSR count). The summed E-state index contributed by atoms with van der Waals surface area (Å²) in [7, 11) is 3.08. The molecule has 2 aromatic carbocycles. The first-order valence-electron chi connectivity index (χ1n) is 9.05. The Morgan fingerprint density at radius 2 is 1.62 bits per heavy atom. The van der Waals surface area contributed by atoms with Gasteiger partial charge >= 0.3 is 0 Å². The molecule has 0 aromatic heterocycles. The number of rotatable bonds is 7. The highest BCUT2D eigenvalue weighted by Gasteiger charge is 2.18. The van der Waals surface area contributed by atoms with E-state index in [9.17, 15) is 4.79 Å². The van der Waals surface area contributed by atoms with Crippen LogP contribution in [-0.4, -0.2) is 44.7 Å². The number of hydrogen-bond acceptors (Lipinski definition) is 4. The van der Waals surface area contributed by atoms with Crippen molar-refractivity contribution in [3.8, 4) is 11.5 Å². The number of nitrogens with zero attached hydrogens (tertiary/aromatic N) is 1. The van der Waals surface area contributed by atoms with E-state index in [1.807, 2.05) is 12.1 Å². The molecule has 26 heavy (non-hydrogen) atoms. The minimum atomic E-state index is -0.246. The third kappa shape index (κ3) is 4.35. The molecule has 0 aliphatic carbocycles. The number of ether oxygens (including phenoxy) is 2. The number of amides is 1. The zero-order valence-corrected chi connectivity index (χ0v) is 15.5. The van der Waals surface area contributed by atoms with Crippen molar-refractivity contribution >= 4 is 11.6 Å². The molecule has 0 saturated carbocycles. The summed E-state index contributed by atoms with van der Waals surface area (Å²) in [6.45, 7) is 3.54. The number of methoxy groups -OCH3 is 2. The van der Waals surface area contributed by atoms with Crippen LogP contribution in [0.5, 0.6) is 11.5 Å². The normalized spacial score (nSPS) is 14.2. The van der Waals surface area contributed by atoms with E-state index in [1.54, 1.807) is 32.4 Å². The van der Waals surface area contributed by atoms with Gasteiger partial charge in [0, 0.05) is 12.2 Å². The third-order valence-electron chi connectivity index (χ3n) is 4.78. The molecule has 0 bridgehead atoms. The van der Waals surface area contributed by atoms with Crippen LogP contribution in [0.25, 0.3) is 0 Å². The van der Waals surface area contributed by atoms with Gasteiger partial charge < -0.3 is 19.7 Å². The lowest BCUT2D eigenvalue weighted by molar-refractivity contribution is 0.102. The summed E-state index contributed by atoms with van der Waals surface area (Å²) in [6, 6.07) is 13.3. The van der Waals surface area contributed by atoms with Crippen LogP contribution in [0.4, 0.5) is 5.69 Å². The Kier molecular flexibility index (Phi) is 6.12. The number of hydrogen-bond donors (Lipinski definition) is 1. The molecule has 1 aliphatic rings. The fraction of sp³-hybridized carbons (Fsp3) is 0.381. The maximum absolute atomic E-state index is 12.7. The number of benzene rings is 2. The van der Waals surface area contributed by atoms with Crippen molar-refractivity contribution in [2.75, 3.05) is 39.2 Å². The maximum Gasteiger partial charge on any atom is 0.263 e. The fourth-order valence-corrected chi connectivity index (χ4v) is 3.32. The van der Waals surface area contributed by atoms with Crippen LogP contribution in [-0.2, 0) is 6.42 Å². The third-order valence-corrected chi connectivity index (χ3v) is 4.78. The monoisotopic (exact) mass is 354 g/mol. The van der Waals surface area contributed by atoms with E-state index in [-0.39, 0.29) is 5.91 Å². The second kappa shape index (κ2) is 8.72. The average molecular weight is 354 g/mol. The second-order valence-electron chi connectivity index (χ2n) is 6.49. The second-order valence-corrected chi connectivity index (χ2v) is 6.49. The zero-order valence-electron chi connectivity index (χ0n) is 15.5. The van der Waals surface area contributed by atoms with Crippen LogP contribution >= 0.6 is 0 Å². The van der Waals surface area contributed by atoms with E-state index in [0.29, 0.717) is 17.1 Å². The highest BCUT2D eigenvalue weighted by molar-refractivity contribution is 6.08. The van der Waals surface area contributed by atoms with Gasteiger partial charge in [-0.15, -0.1) is 0 Å². The molecule has 1 fully saturated rings. The highest BCUT2D eigenvalue weighted by Crippen LogP contribution is 2.29. The summed E-state index contributed by atoms with van der Waals surface area (Å²) in [4.78, 5) is 15.2. The van der Waals surface area contributed by atoms with Gasteiger partial charge in [-0.1, -0.05) is 18.2 Å². The minimum absolute atomic E-state index is 0.246. The standard InChI is InChI=1S/C21H26N2O3/c1-25-18-6-5-7-19(26-2)20(18)21(24)22-17-10-8-16(9-11-17)12-15-23-13-3-4-14-23/h5-11H,3-4,12-15H2,1-2H3,(H,22,24). The molecular weight excluding hydrogens is 328 g/mol. The SMILES string of the molecule is COc1cccc(OC)c1C(=O)Nc1ccc(CCN2CCCC2)cc1. The number of carbonyl (C=O) groups excluding carboxylic acids is 1. The first-order chi connectivity index (χ1) is 12.7. The van der Waals surface area contributed by atoms with Gasteiger partial charge in [-0.3, -0.25) is 4.79 Å². The summed E-state index contributed by atoms with van der Waals surface area (Å²) in [5.74, 6) is 0.734. The molecule has 0 atom stereocenters. The predicted molar refractivity (Wildman–Crippen MR) is 103 cm³/mol. The van der Waals surface area contributed by atoms with Crippen molar-refractivity contribution < 1.29 is 14.3 Å². The van der Waals surface area contributed by atoms with E-state index in [2.05, 4.69) is 22.3 Å². The summed E-state index contributed by atoms with van der Waals surface area (Å²) in [5, 5.41) is 2.92. The maximum atomic E-state index is 12.7. The molecule has 1 heterocycles. The molecule has 0 radical (unpaired) electrons. The Hall–Kier alpha value is -2.53. The van der Waals surface area contributed by atoms with Crippen LogP contribution < -0.4 is 14.8 Å². The Bertz CT molecular complexity index is 715. The van der Waals surface area contributed by atoms with E-state index in [4.69, 9.17) is 9.47 Å². The summed E-state index contributed by atoms with van der Waals surface area (Å²) in [6.07, 6.45) is 3.67. The van der Waals surface area contributed by atoms with Gasteiger partial charge in [0.2, 0.25) is 0 Å². The van der Waals surface area contributed by atoms with Gasteiger partial charge in [-0.2, -0.15) is 0 Å². The predicted octanol–water partition coefficient (Wildman–Crippen LogP) is 3.59. The first kappa shape index (κ1) is 18.3. The van der Waals surface area contributed by atoms with Crippen molar-refractivity contribution in [2.24, 2.45) is 0 Å². The van der Waals surface area contributed by atoms with Gasteiger partial charge in [-0.05, 0) is 62.2 Å². The average Bonchev–Trinajstić information content (AvgIpc) is 3.20. The molecule has 1 aliphatic heterocycles. The quantitative estimate of drug-likeness (QED) is 0.825. The highest BCUT2D eigenvalue weighted by atomic mass is 16.5. The Morgan fingerprint density at radius 1 is 1.00 bits per heavy atom. The van der Waals surface area contributed by atoms with Crippen LogP contribution in [0.1, 0.15) is 28.8 Å². The molecule has 1 saturated heterocycles. The van der Waals surface area contributed by atoms with Gasteiger partial charge in [0.15, 0.2) is 0 Å². The molecule has 1 N–H and O–H groups in total. The minimum Gasteiger partial charge on any atom is -0.496 e. The van der Waals surface area contributed by atoms with E-state index in [1.165, 1.54) is 31.5 Å². The lowest BCUT2D eigenvalue weighted by Gasteiger charge is -2.15. The number of likely N-dealkylation sites (tertiary alicyclic amines) is 1. The van der Waals surface area contributed by atoms with Crippen LogP contribution in [0.15, 0.2) is 42.5 Å². The first-order valence-corrected chi connectivity index (χ1v) is 9.05. The lowest BCUT2D eigenvalue weighted by atomic mass is 10.1. The van der Waals surface area contributed by atoms with Gasteiger partial charge in [0.1, 0.15) is 17.1 Å². The lowest BCUT2D eigenvalue weighted by Crippen LogP contribution is -2.21. The van der Waals surface area contributed by atoms with Crippen LogP contribution in [0.3, 0.4) is 0 Å². The molecule has 138 valence electrons. The number of carbonyl (C=O) groups is 1. The molecule has 0 spiro atoms. The Morgan fingerprint density at radius 3 is 2.19 bits per heavy atom. The van der Waals surface area contributed by atoms with Crippen molar-refractivity contribution in [2.45, 2.75) is 19.3 Å². The van der Waals surface area contributed by atoms with Crippen molar-refractivity contribution in [3.63, 3.8) is 0 Å². The molecule has 0 unspecified atom stereocenters. The van der Waals surface area contributed by atoms with Gasteiger partial charge in [0.05, 0.1) is 14.2 Å².